The molecule has 2 aliphatic rings. The summed E-state index contributed by atoms with van der Waals surface area (Å²) in [4.78, 5) is 31.5. The van der Waals surface area contributed by atoms with Gasteiger partial charge < -0.3 is 31.9 Å². The molecule has 0 radical (unpaired) electrons. The minimum atomic E-state index is -0.125. The number of carbonyl (C=O) groups excluding carboxylic acids is 2. The van der Waals surface area contributed by atoms with Crippen molar-refractivity contribution in [2.24, 2.45) is 0 Å². The predicted octanol–water partition coefficient (Wildman–Crippen LogP) is 9.21. The van der Waals surface area contributed by atoms with Crippen LogP contribution >= 0.6 is 24.8 Å². The number of benzene rings is 3. The van der Waals surface area contributed by atoms with Crippen molar-refractivity contribution < 1.29 is 9.59 Å². The van der Waals surface area contributed by atoms with Crippen LogP contribution in [-0.4, -0.2) is 33.9 Å². The number of nitrogens with one attached hydrogen (secondary N) is 2. The Labute approximate surface area is 286 Å². The number of nitrogen functional groups attached to an aromatic ring is 2. The Kier molecular flexibility index (Phi) is 14.8. The van der Waals surface area contributed by atoms with Crippen molar-refractivity contribution in [1.29, 1.82) is 0 Å². The third-order valence-electron chi connectivity index (χ3n) is 9.15. The van der Waals surface area contributed by atoms with E-state index >= 15 is 0 Å². The Hall–Kier alpha value is -3.62. The number of rotatable bonds is 8. The van der Waals surface area contributed by atoms with Gasteiger partial charge in [-0.1, -0.05) is 99.9 Å². The molecule has 3 aromatic carbocycles. The van der Waals surface area contributed by atoms with E-state index in [1.165, 1.54) is 25.7 Å². The number of urea groups is 2. The van der Waals surface area contributed by atoms with Crippen molar-refractivity contribution >= 4 is 59.6 Å². The second-order valence-corrected chi connectivity index (χ2v) is 12.4. The summed E-state index contributed by atoms with van der Waals surface area (Å²) >= 11 is 0. The Morgan fingerprint density at radius 2 is 0.935 bits per heavy atom. The summed E-state index contributed by atoms with van der Waals surface area (Å²) in [6.45, 7) is 0.987. The summed E-state index contributed by atoms with van der Waals surface area (Å²) in [5.41, 5.74) is 16.8. The first-order valence-corrected chi connectivity index (χ1v) is 16.4. The molecule has 3 aromatic rings. The van der Waals surface area contributed by atoms with Crippen molar-refractivity contribution in [2.45, 2.75) is 102 Å². The highest BCUT2D eigenvalue weighted by molar-refractivity contribution is 5.93. The number of halogens is 2. The third kappa shape index (κ3) is 10.2. The summed E-state index contributed by atoms with van der Waals surface area (Å²) in [6.07, 6.45) is 13.3. The average molecular weight is 670 g/mol. The lowest BCUT2D eigenvalue weighted by Gasteiger charge is -2.33. The molecule has 5 rings (SSSR count). The minimum absolute atomic E-state index is 0. The molecule has 0 unspecified atom stereocenters. The fourth-order valence-electron chi connectivity index (χ4n) is 6.69. The van der Waals surface area contributed by atoms with Crippen LogP contribution in [0.1, 0.15) is 88.2 Å². The van der Waals surface area contributed by atoms with Gasteiger partial charge in [0.25, 0.3) is 0 Å². The van der Waals surface area contributed by atoms with Gasteiger partial charge in [0.1, 0.15) is 0 Å². The van der Waals surface area contributed by atoms with Crippen LogP contribution in [0.25, 0.3) is 0 Å². The Bertz CT molecular complexity index is 1290. The van der Waals surface area contributed by atoms with Crippen LogP contribution in [0.15, 0.2) is 72.8 Å². The number of hydrogen-bond donors (Lipinski definition) is 4. The van der Waals surface area contributed by atoms with Crippen molar-refractivity contribution in [3.8, 4) is 0 Å². The SMILES string of the molecule is Cl.Cl.Nc1ccccc1NC(=O)N(Cc1cccc(CN(C(=O)Nc2ccccc2N)C2CCCCCC2)c1)C1CCCCCC1. The lowest BCUT2D eigenvalue weighted by atomic mass is 10.0. The van der Waals surface area contributed by atoms with Gasteiger partial charge >= 0.3 is 12.1 Å². The van der Waals surface area contributed by atoms with Crippen LogP contribution in [-0.2, 0) is 13.1 Å². The van der Waals surface area contributed by atoms with Gasteiger partial charge in [-0.2, -0.15) is 0 Å². The molecule has 0 atom stereocenters. The van der Waals surface area contributed by atoms with Crippen LogP contribution in [0.3, 0.4) is 0 Å². The number of nitrogens with zero attached hydrogens (tertiary/aromatic N) is 2. The van der Waals surface area contributed by atoms with Crippen molar-refractivity contribution in [3.63, 3.8) is 0 Å². The van der Waals surface area contributed by atoms with Gasteiger partial charge in [0.05, 0.1) is 22.7 Å². The van der Waals surface area contributed by atoms with E-state index in [-0.39, 0.29) is 49.0 Å². The predicted molar refractivity (Wildman–Crippen MR) is 195 cm³/mol. The number of amides is 4. The van der Waals surface area contributed by atoms with E-state index in [2.05, 4.69) is 28.8 Å². The molecule has 250 valence electrons. The fourth-order valence-corrected chi connectivity index (χ4v) is 6.69. The molecule has 0 spiro atoms. The highest BCUT2D eigenvalue weighted by atomic mass is 35.5. The van der Waals surface area contributed by atoms with E-state index in [4.69, 9.17) is 11.5 Å². The van der Waals surface area contributed by atoms with Crippen molar-refractivity contribution in [1.82, 2.24) is 9.80 Å². The smallest absolute Gasteiger partial charge is 0.322 e. The van der Waals surface area contributed by atoms with Crippen molar-refractivity contribution in [2.75, 3.05) is 22.1 Å². The molecule has 46 heavy (non-hydrogen) atoms. The molecule has 0 aliphatic heterocycles. The van der Waals surface area contributed by atoms with Crippen LogP contribution in [0.4, 0.5) is 32.3 Å². The number of carbonyl (C=O) groups is 2. The van der Waals surface area contributed by atoms with Gasteiger partial charge in [-0.25, -0.2) is 9.59 Å². The molecule has 4 amide bonds. The fraction of sp³-hybridized carbons (Fsp3) is 0.444. The van der Waals surface area contributed by atoms with E-state index in [1.54, 1.807) is 12.1 Å². The normalized spacial score (nSPS) is 15.7. The second-order valence-electron chi connectivity index (χ2n) is 12.4. The van der Waals surface area contributed by atoms with Crippen molar-refractivity contribution in [3.05, 3.63) is 83.9 Å². The molecular weight excluding hydrogens is 619 g/mol. The number of anilines is 4. The molecule has 2 saturated carbocycles. The maximum absolute atomic E-state index is 13.8. The highest BCUT2D eigenvalue weighted by Crippen LogP contribution is 2.28. The quantitative estimate of drug-likeness (QED) is 0.141. The summed E-state index contributed by atoms with van der Waals surface area (Å²) in [5, 5.41) is 6.15. The Morgan fingerprint density at radius 3 is 1.30 bits per heavy atom. The maximum atomic E-state index is 13.8. The zero-order valence-corrected chi connectivity index (χ0v) is 28.3. The molecule has 10 heteroatoms. The zero-order chi connectivity index (χ0) is 30.7. The van der Waals surface area contributed by atoms with E-state index in [0.717, 1.165) is 62.5 Å². The van der Waals surface area contributed by atoms with Gasteiger partial charge in [-0.3, -0.25) is 0 Å². The monoisotopic (exact) mass is 668 g/mol. The van der Waals surface area contributed by atoms with E-state index in [0.29, 0.717) is 35.8 Å². The number of nitrogens with two attached hydrogens (primary N) is 2. The van der Waals surface area contributed by atoms with Crippen LogP contribution in [0, 0.1) is 0 Å². The standard InChI is InChI=1S/C36H48N6O2.2ClH/c37-31-20-9-11-22-33(31)39-35(43)41(29-16-5-1-2-6-17-29)25-27-14-13-15-28(24-27)26-42(30-18-7-3-4-8-19-30)36(44)40-34-23-12-10-21-32(34)38;;/h9-15,20-24,29-30H,1-8,16-19,25-26,37-38H2,(H,39,43)(H,40,44);2*1H. The lowest BCUT2D eigenvalue weighted by Crippen LogP contribution is -2.43. The average Bonchev–Trinajstić information content (AvgIpc) is 3.47. The summed E-state index contributed by atoms with van der Waals surface area (Å²) in [5.74, 6) is 0. The molecule has 8 nitrogen and oxygen atoms in total. The van der Waals surface area contributed by atoms with E-state index < -0.39 is 0 Å². The summed E-state index contributed by atoms with van der Waals surface area (Å²) in [7, 11) is 0. The van der Waals surface area contributed by atoms with E-state index in [1.807, 2.05) is 52.3 Å². The van der Waals surface area contributed by atoms with Gasteiger partial charge in [0, 0.05) is 25.2 Å². The Morgan fingerprint density at radius 1 is 0.565 bits per heavy atom. The van der Waals surface area contributed by atoms with Gasteiger partial charge in [0.2, 0.25) is 0 Å². The molecule has 0 aromatic heterocycles. The van der Waals surface area contributed by atoms with Gasteiger partial charge in [-0.15, -0.1) is 24.8 Å². The zero-order valence-electron chi connectivity index (χ0n) is 26.7. The summed E-state index contributed by atoms with van der Waals surface area (Å²) < 4.78 is 0. The minimum Gasteiger partial charge on any atom is -0.397 e. The number of hydrogen-bond acceptors (Lipinski definition) is 4. The topological polar surface area (TPSA) is 117 Å². The molecule has 2 aliphatic carbocycles. The largest absolute Gasteiger partial charge is 0.397 e. The van der Waals surface area contributed by atoms with Crippen LogP contribution in [0.5, 0.6) is 0 Å². The molecule has 6 N–H and O–H groups in total. The number of para-hydroxylation sites is 4. The van der Waals surface area contributed by atoms with Gasteiger partial charge in [0.15, 0.2) is 0 Å². The molecule has 0 heterocycles. The first-order valence-electron chi connectivity index (χ1n) is 16.4. The lowest BCUT2D eigenvalue weighted by molar-refractivity contribution is 0.174. The van der Waals surface area contributed by atoms with E-state index in [9.17, 15) is 9.59 Å². The molecule has 2 fully saturated rings. The highest BCUT2D eigenvalue weighted by Gasteiger charge is 2.27. The molecular formula is C36H50Cl2N6O2. The first kappa shape index (κ1) is 36.8. The van der Waals surface area contributed by atoms with Crippen LogP contribution < -0.4 is 22.1 Å². The summed E-state index contributed by atoms with van der Waals surface area (Å²) in [6, 6.07) is 23.2. The third-order valence-corrected chi connectivity index (χ3v) is 9.15. The molecule has 0 saturated heterocycles. The van der Waals surface area contributed by atoms with Crippen LogP contribution in [0.2, 0.25) is 0 Å². The van der Waals surface area contributed by atoms with Gasteiger partial charge in [-0.05, 0) is 61.1 Å². The maximum Gasteiger partial charge on any atom is 0.322 e. The Balaban J connectivity index is 0.00000288. The molecule has 0 bridgehead atoms. The first-order chi connectivity index (χ1) is 21.5. The second kappa shape index (κ2) is 18.5.